The lowest BCUT2D eigenvalue weighted by Gasteiger charge is -2.22. The quantitative estimate of drug-likeness (QED) is 0.815. The second kappa shape index (κ2) is 5.85. The van der Waals surface area contributed by atoms with Gasteiger partial charge in [-0.3, -0.25) is 4.98 Å². The van der Waals surface area contributed by atoms with Crippen LogP contribution in [0.3, 0.4) is 0 Å². The Bertz CT molecular complexity index is 319. The van der Waals surface area contributed by atoms with Gasteiger partial charge in [0.1, 0.15) is 0 Å². The van der Waals surface area contributed by atoms with Crippen molar-refractivity contribution in [3.63, 3.8) is 0 Å². The van der Waals surface area contributed by atoms with E-state index in [0.29, 0.717) is 0 Å². The van der Waals surface area contributed by atoms with E-state index in [4.69, 9.17) is 0 Å². The van der Waals surface area contributed by atoms with Crippen LogP contribution in [0.15, 0.2) is 18.3 Å². The molecule has 88 valence electrons. The molecule has 1 unspecified atom stereocenters. The van der Waals surface area contributed by atoms with Gasteiger partial charge in [0.15, 0.2) is 0 Å². The maximum absolute atomic E-state index is 4.19. The van der Waals surface area contributed by atoms with Crippen LogP contribution < -0.4 is 10.6 Å². The van der Waals surface area contributed by atoms with Gasteiger partial charge in [0.25, 0.3) is 0 Å². The van der Waals surface area contributed by atoms with Crippen LogP contribution in [0.25, 0.3) is 0 Å². The summed E-state index contributed by atoms with van der Waals surface area (Å²) in [5.74, 6) is 0.851. The molecular formula is C13H21N3. The van der Waals surface area contributed by atoms with Crippen molar-refractivity contribution in [2.45, 2.75) is 26.2 Å². The Hall–Kier alpha value is -1.09. The number of pyridine rings is 1. The van der Waals surface area contributed by atoms with Crippen LogP contribution in [0.2, 0.25) is 0 Å². The van der Waals surface area contributed by atoms with Crippen molar-refractivity contribution in [1.29, 1.82) is 0 Å². The first-order chi connectivity index (χ1) is 7.84. The molecule has 0 aromatic carbocycles. The van der Waals surface area contributed by atoms with Crippen molar-refractivity contribution < 1.29 is 0 Å². The third-order valence-corrected chi connectivity index (χ3v) is 3.18. The predicted molar refractivity (Wildman–Crippen MR) is 67.7 cm³/mol. The Labute approximate surface area is 97.7 Å². The second-order valence-corrected chi connectivity index (χ2v) is 4.61. The lowest BCUT2D eigenvalue weighted by Crippen LogP contribution is -2.30. The van der Waals surface area contributed by atoms with Crippen molar-refractivity contribution in [1.82, 2.24) is 10.3 Å². The van der Waals surface area contributed by atoms with Crippen molar-refractivity contribution in [2.75, 3.05) is 25.0 Å². The first kappa shape index (κ1) is 11.4. The first-order valence-electron chi connectivity index (χ1n) is 6.22. The van der Waals surface area contributed by atoms with Gasteiger partial charge >= 0.3 is 0 Å². The molecule has 16 heavy (non-hydrogen) atoms. The van der Waals surface area contributed by atoms with Gasteiger partial charge in [-0.05, 0) is 57.3 Å². The molecule has 0 amide bonds. The zero-order valence-electron chi connectivity index (χ0n) is 10.00. The molecule has 0 spiro atoms. The number of hydrogen-bond donors (Lipinski definition) is 2. The summed E-state index contributed by atoms with van der Waals surface area (Å²) >= 11 is 0. The van der Waals surface area contributed by atoms with Crippen LogP contribution >= 0.6 is 0 Å². The number of piperidine rings is 1. The SMILES string of the molecule is Cc1cc(NCCC2CCCNC2)ccn1. The summed E-state index contributed by atoms with van der Waals surface area (Å²) in [5, 5.41) is 6.92. The summed E-state index contributed by atoms with van der Waals surface area (Å²) in [5.41, 5.74) is 2.26. The molecule has 3 nitrogen and oxygen atoms in total. The largest absolute Gasteiger partial charge is 0.385 e. The van der Waals surface area contributed by atoms with Crippen molar-refractivity contribution >= 4 is 5.69 Å². The molecule has 0 saturated carbocycles. The molecular weight excluding hydrogens is 198 g/mol. The van der Waals surface area contributed by atoms with Gasteiger partial charge in [-0.25, -0.2) is 0 Å². The Balaban J connectivity index is 1.71. The molecule has 1 aromatic rings. The number of nitrogens with one attached hydrogen (secondary N) is 2. The molecule has 1 aromatic heterocycles. The van der Waals surface area contributed by atoms with E-state index in [1.54, 1.807) is 0 Å². The van der Waals surface area contributed by atoms with E-state index < -0.39 is 0 Å². The molecule has 3 heteroatoms. The molecule has 2 N–H and O–H groups in total. The van der Waals surface area contributed by atoms with E-state index in [1.807, 2.05) is 19.2 Å². The standard InChI is InChI=1S/C13H21N3/c1-11-9-13(5-8-15-11)16-7-4-12-3-2-6-14-10-12/h5,8-9,12,14H,2-4,6-7,10H2,1H3,(H,15,16). The summed E-state index contributed by atoms with van der Waals surface area (Å²) in [6.45, 7) is 5.48. The third-order valence-electron chi connectivity index (χ3n) is 3.18. The molecule has 1 saturated heterocycles. The normalized spacial score (nSPS) is 20.7. The van der Waals surface area contributed by atoms with Gasteiger partial charge < -0.3 is 10.6 Å². The van der Waals surface area contributed by atoms with Gasteiger partial charge in [-0.1, -0.05) is 0 Å². The summed E-state index contributed by atoms with van der Waals surface area (Å²) in [6.07, 6.45) is 5.83. The summed E-state index contributed by atoms with van der Waals surface area (Å²) in [7, 11) is 0. The minimum atomic E-state index is 0.851. The Morgan fingerprint density at radius 3 is 3.25 bits per heavy atom. The van der Waals surface area contributed by atoms with E-state index in [0.717, 1.165) is 18.2 Å². The highest BCUT2D eigenvalue weighted by Gasteiger charge is 2.11. The maximum Gasteiger partial charge on any atom is 0.0393 e. The molecule has 0 bridgehead atoms. The number of nitrogens with zero attached hydrogens (tertiary/aromatic N) is 1. The number of hydrogen-bond acceptors (Lipinski definition) is 3. The van der Waals surface area contributed by atoms with Gasteiger partial charge in [0.2, 0.25) is 0 Å². The molecule has 0 aliphatic carbocycles. The average Bonchev–Trinajstić information content (AvgIpc) is 2.30. The van der Waals surface area contributed by atoms with E-state index in [2.05, 4.69) is 21.7 Å². The number of anilines is 1. The van der Waals surface area contributed by atoms with Crippen LogP contribution in [0, 0.1) is 12.8 Å². The Morgan fingerprint density at radius 2 is 2.50 bits per heavy atom. The fourth-order valence-corrected chi connectivity index (χ4v) is 2.25. The highest BCUT2D eigenvalue weighted by Crippen LogP contribution is 2.14. The van der Waals surface area contributed by atoms with Crippen molar-refractivity contribution in [2.24, 2.45) is 5.92 Å². The lowest BCUT2D eigenvalue weighted by atomic mass is 9.96. The second-order valence-electron chi connectivity index (χ2n) is 4.61. The Morgan fingerprint density at radius 1 is 1.56 bits per heavy atom. The predicted octanol–water partition coefficient (Wildman–Crippen LogP) is 2.19. The van der Waals surface area contributed by atoms with E-state index in [9.17, 15) is 0 Å². The van der Waals surface area contributed by atoms with E-state index in [-0.39, 0.29) is 0 Å². The molecule has 1 aliphatic rings. The minimum Gasteiger partial charge on any atom is -0.385 e. The summed E-state index contributed by atoms with van der Waals surface area (Å²) in [4.78, 5) is 4.19. The van der Waals surface area contributed by atoms with Crippen LogP contribution in [-0.2, 0) is 0 Å². The summed E-state index contributed by atoms with van der Waals surface area (Å²) in [6, 6.07) is 4.13. The molecule has 1 fully saturated rings. The van der Waals surface area contributed by atoms with Gasteiger partial charge in [0.05, 0.1) is 0 Å². The number of rotatable bonds is 4. The van der Waals surface area contributed by atoms with Crippen LogP contribution in [-0.4, -0.2) is 24.6 Å². The zero-order valence-corrected chi connectivity index (χ0v) is 10.00. The van der Waals surface area contributed by atoms with Gasteiger partial charge in [-0.15, -0.1) is 0 Å². The molecule has 1 atom stereocenters. The zero-order chi connectivity index (χ0) is 11.2. The molecule has 2 rings (SSSR count). The van der Waals surface area contributed by atoms with Gasteiger partial charge in [-0.2, -0.15) is 0 Å². The minimum absolute atomic E-state index is 0.851. The highest BCUT2D eigenvalue weighted by atomic mass is 14.9. The molecule has 1 aliphatic heterocycles. The Kier molecular flexibility index (Phi) is 4.17. The van der Waals surface area contributed by atoms with Crippen molar-refractivity contribution in [3.05, 3.63) is 24.0 Å². The van der Waals surface area contributed by atoms with Crippen molar-refractivity contribution in [3.8, 4) is 0 Å². The van der Waals surface area contributed by atoms with E-state index in [1.165, 1.54) is 38.0 Å². The average molecular weight is 219 g/mol. The maximum atomic E-state index is 4.19. The van der Waals surface area contributed by atoms with Crippen LogP contribution in [0.1, 0.15) is 25.0 Å². The molecule has 2 heterocycles. The topological polar surface area (TPSA) is 37.0 Å². The van der Waals surface area contributed by atoms with Crippen LogP contribution in [0.5, 0.6) is 0 Å². The monoisotopic (exact) mass is 219 g/mol. The fourth-order valence-electron chi connectivity index (χ4n) is 2.25. The smallest absolute Gasteiger partial charge is 0.0393 e. The number of aromatic nitrogens is 1. The van der Waals surface area contributed by atoms with Crippen LogP contribution in [0.4, 0.5) is 5.69 Å². The molecule has 0 radical (unpaired) electrons. The number of aryl methyl sites for hydroxylation is 1. The van der Waals surface area contributed by atoms with E-state index >= 15 is 0 Å². The summed E-state index contributed by atoms with van der Waals surface area (Å²) < 4.78 is 0. The third kappa shape index (κ3) is 3.49. The van der Waals surface area contributed by atoms with Gasteiger partial charge in [0, 0.05) is 24.1 Å². The highest BCUT2D eigenvalue weighted by molar-refractivity contribution is 5.42. The fraction of sp³-hybridized carbons (Fsp3) is 0.615. The lowest BCUT2D eigenvalue weighted by molar-refractivity contribution is 0.364. The first-order valence-corrected chi connectivity index (χ1v) is 6.22.